The maximum absolute atomic E-state index is 12.8. The summed E-state index contributed by atoms with van der Waals surface area (Å²) in [6.07, 6.45) is 8.89. The van der Waals surface area contributed by atoms with Crippen molar-refractivity contribution < 1.29 is 18.7 Å². The minimum atomic E-state index is -0.374. The first-order valence-corrected chi connectivity index (χ1v) is 10.9. The van der Waals surface area contributed by atoms with Crippen LogP contribution in [0.5, 0.6) is 5.75 Å². The Hall–Kier alpha value is -3.61. The number of nitrogens with one attached hydrogen (secondary N) is 1. The average molecular weight is 431 g/mol. The van der Waals surface area contributed by atoms with E-state index in [-0.39, 0.29) is 23.3 Å². The molecule has 1 N–H and O–H groups in total. The van der Waals surface area contributed by atoms with Gasteiger partial charge in [-0.25, -0.2) is 0 Å². The number of carbonyl (C=O) groups is 2. The number of benzene rings is 1. The van der Waals surface area contributed by atoms with Gasteiger partial charge in [-0.2, -0.15) is 0 Å². The van der Waals surface area contributed by atoms with Crippen LogP contribution in [-0.4, -0.2) is 40.4 Å². The average Bonchev–Trinajstić information content (AvgIpc) is 3.35. The molecule has 2 aliphatic rings. The lowest BCUT2D eigenvalue weighted by Gasteiger charge is -2.46. The molecule has 1 atom stereocenters. The Morgan fingerprint density at radius 1 is 1.12 bits per heavy atom. The summed E-state index contributed by atoms with van der Waals surface area (Å²) in [5.74, 6) is 0.833. The van der Waals surface area contributed by atoms with Gasteiger partial charge in [0.25, 0.3) is 5.91 Å². The van der Waals surface area contributed by atoms with Gasteiger partial charge in [0.15, 0.2) is 0 Å². The van der Waals surface area contributed by atoms with Crippen molar-refractivity contribution in [2.75, 3.05) is 18.4 Å². The molecule has 32 heavy (non-hydrogen) atoms. The zero-order valence-electron chi connectivity index (χ0n) is 17.7. The van der Waals surface area contributed by atoms with E-state index in [1.165, 1.54) is 12.5 Å². The number of furan rings is 1. The number of rotatable bonds is 4. The van der Waals surface area contributed by atoms with Crippen molar-refractivity contribution in [1.29, 1.82) is 0 Å². The van der Waals surface area contributed by atoms with Gasteiger partial charge in [0.2, 0.25) is 5.91 Å². The van der Waals surface area contributed by atoms with Crippen LogP contribution in [0.3, 0.4) is 0 Å². The summed E-state index contributed by atoms with van der Waals surface area (Å²) in [6.45, 7) is 1.22. The number of hydrogen-bond donors (Lipinski definition) is 1. The predicted molar refractivity (Wildman–Crippen MR) is 118 cm³/mol. The van der Waals surface area contributed by atoms with E-state index in [9.17, 15) is 9.59 Å². The van der Waals surface area contributed by atoms with Crippen LogP contribution < -0.4 is 10.1 Å². The minimum Gasteiger partial charge on any atom is -0.487 e. The molecular weight excluding hydrogens is 406 g/mol. The van der Waals surface area contributed by atoms with Gasteiger partial charge in [0.1, 0.15) is 17.6 Å². The maximum Gasteiger partial charge on any atom is 0.257 e. The van der Waals surface area contributed by atoms with E-state index in [2.05, 4.69) is 10.3 Å². The van der Waals surface area contributed by atoms with Crippen LogP contribution >= 0.6 is 0 Å². The molecule has 2 aliphatic heterocycles. The molecule has 3 aromatic rings. The van der Waals surface area contributed by atoms with E-state index < -0.39 is 0 Å². The highest BCUT2D eigenvalue weighted by Crippen LogP contribution is 2.46. The molecule has 0 aliphatic carbocycles. The molecule has 4 heterocycles. The molecular formula is C25H25N3O4. The van der Waals surface area contributed by atoms with Gasteiger partial charge in [-0.3, -0.25) is 14.6 Å². The van der Waals surface area contributed by atoms with Crippen molar-refractivity contribution in [3.63, 3.8) is 0 Å². The SMILES string of the molecule is O=C(C[C@@H]1CC2(CCN(C(=O)c3ccoc3)CC2)Oc2ccccc21)Nc1cccnc1. The minimum absolute atomic E-state index is 0.0165. The van der Waals surface area contributed by atoms with Gasteiger partial charge in [0, 0.05) is 44.5 Å². The Bertz CT molecular complexity index is 1090. The summed E-state index contributed by atoms with van der Waals surface area (Å²) in [6, 6.07) is 13.3. The van der Waals surface area contributed by atoms with Gasteiger partial charge < -0.3 is 19.4 Å². The molecule has 0 bridgehead atoms. The van der Waals surface area contributed by atoms with Gasteiger partial charge >= 0.3 is 0 Å². The van der Waals surface area contributed by atoms with E-state index in [1.54, 1.807) is 24.5 Å². The highest BCUT2D eigenvalue weighted by molar-refractivity contribution is 5.94. The number of fused-ring (bicyclic) bond motifs is 1. The fourth-order valence-corrected chi connectivity index (χ4v) is 4.79. The first-order valence-electron chi connectivity index (χ1n) is 10.9. The van der Waals surface area contributed by atoms with Crippen molar-refractivity contribution in [3.05, 3.63) is 78.5 Å². The Kier molecular flexibility index (Phi) is 5.39. The lowest BCUT2D eigenvalue weighted by Crippen LogP contribution is -2.52. The number of anilines is 1. The van der Waals surface area contributed by atoms with Gasteiger partial charge in [-0.1, -0.05) is 18.2 Å². The first kappa shape index (κ1) is 20.3. The second-order valence-corrected chi connectivity index (χ2v) is 8.52. The first-order chi connectivity index (χ1) is 15.6. The summed E-state index contributed by atoms with van der Waals surface area (Å²) in [5.41, 5.74) is 1.96. The van der Waals surface area contributed by atoms with Crippen LogP contribution in [0.1, 0.15) is 47.5 Å². The number of carbonyl (C=O) groups excluding carboxylic acids is 2. The third-order valence-electron chi connectivity index (χ3n) is 6.41. The normalized spacial score (nSPS) is 19.1. The molecule has 1 fully saturated rings. The van der Waals surface area contributed by atoms with Gasteiger partial charge in [0.05, 0.1) is 23.7 Å². The van der Waals surface area contributed by atoms with E-state index in [0.717, 1.165) is 30.6 Å². The Balaban J connectivity index is 1.30. The molecule has 0 radical (unpaired) electrons. The summed E-state index contributed by atoms with van der Waals surface area (Å²) in [4.78, 5) is 31.4. The fourth-order valence-electron chi connectivity index (χ4n) is 4.79. The molecule has 0 unspecified atom stereocenters. The second kappa shape index (κ2) is 8.49. The Morgan fingerprint density at radius 2 is 1.97 bits per heavy atom. The summed E-state index contributed by atoms with van der Waals surface area (Å²) < 4.78 is 11.6. The molecule has 7 heteroatoms. The summed E-state index contributed by atoms with van der Waals surface area (Å²) in [7, 11) is 0. The van der Waals surface area contributed by atoms with Crippen LogP contribution in [0.2, 0.25) is 0 Å². The highest BCUT2D eigenvalue weighted by atomic mass is 16.5. The number of amides is 2. The van der Waals surface area contributed by atoms with Crippen LogP contribution in [0, 0.1) is 0 Å². The summed E-state index contributed by atoms with van der Waals surface area (Å²) in [5, 5.41) is 2.94. The van der Waals surface area contributed by atoms with E-state index in [1.807, 2.05) is 35.2 Å². The molecule has 1 spiro atoms. The summed E-state index contributed by atoms with van der Waals surface area (Å²) >= 11 is 0. The molecule has 1 aromatic carbocycles. The maximum atomic E-state index is 12.8. The van der Waals surface area contributed by atoms with Crippen molar-refractivity contribution >= 4 is 17.5 Å². The number of likely N-dealkylation sites (tertiary alicyclic amines) is 1. The monoisotopic (exact) mass is 431 g/mol. The van der Waals surface area contributed by atoms with Crippen LogP contribution in [0.25, 0.3) is 0 Å². The molecule has 0 saturated carbocycles. The molecule has 2 aromatic heterocycles. The van der Waals surface area contributed by atoms with Gasteiger partial charge in [-0.15, -0.1) is 0 Å². The largest absolute Gasteiger partial charge is 0.487 e. The van der Waals surface area contributed by atoms with E-state index in [0.29, 0.717) is 30.8 Å². The lowest BCUT2D eigenvalue weighted by atomic mass is 9.76. The Labute approximate surface area is 186 Å². The predicted octanol–water partition coefficient (Wildman–Crippen LogP) is 4.24. The standard InChI is InChI=1S/C25H25N3O4/c29-23(27-20-4-3-10-26-16-20)14-19-15-25(32-22-6-2-1-5-21(19)22)8-11-28(12-9-25)24(30)18-7-13-31-17-18/h1-7,10,13,16-17,19H,8-9,11-12,14-15H2,(H,27,29)/t19-/m1/s1. The number of ether oxygens (including phenoxy) is 1. The van der Waals surface area contributed by atoms with E-state index >= 15 is 0 Å². The third kappa shape index (κ3) is 4.10. The molecule has 2 amide bonds. The lowest BCUT2D eigenvalue weighted by molar-refractivity contribution is -0.117. The van der Waals surface area contributed by atoms with Crippen molar-refractivity contribution in [3.8, 4) is 5.75 Å². The van der Waals surface area contributed by atoms with Crippen molar-refractivity contribution in [2.24, 2.45) is 0 Å². The number of nitrogens with zero attached hydrogens (tertiary/aromatic N) is 2. The van der Waals surface area contributed by atoms with E-state index in [4.69, 9.17) is 9.15 Å². The van der Waals surface area contributed by atoms with Crippen molar-refractivity contribution in [2.45, 2.75) is 37.2 Å². The quantitative estimate of drug-likeness (QED) is 0.668. The smallest absolute Gasteiger partial charge is 0.257 e. The number of pyridine rings is 1. The zero-order valence-corrected chi connectivity index (χ0v) is 17.7. The number of aromatic nitrogens is 1. The topological polar surface area (TPSA) is 84.7 Å². The second-order valence-electron chi connectivity index (χ2n) is 8.52. The number of piperidine rings is 1. The number of hydrogen-bond acceptors (Lipinski definition) is 5. The molecule has 1 saturated heterocycles. The van der Waals surface area contributed by atoms with Crippen molar-refractivity contribution in [1.82, 2.24) is 9.88 Å². The zero-order chi connectivity index (χ0) is 22.0. The molecule has 5 rings (SSSR count). The number of para-hydroxylation sites is 1. The fraction of sp³-hybridized carbons (Fsp3) is 0.320. The molecule has 164 valence electrons. The highest BCUT2D eigenvalue weighted by Gasteiger charge is 2.44. The van der Waals surface area contributed by atoms with Crippen LogP contribution in [0.4, 0.5) is 5.69 Å². The van der Waals surface area contributed by atoms with Gasteiger partial charge in [-0.05, 0) is 36.2 Å². The molecule has 7 nitrogen and oxygen atoms in total. The van der Waals surface area contributed by atoms with Crippen LogP contribution in [0.15, 0.2) is 71.8 Å². The van der Waals surface area contributed by atoms with Crippen LogP contribution in [-0.2, 0) is 4.79 Å². The third-order valence-corrected chi connectivity index (χ3v) is 6.41. The Morgan fingerprint density at radius 3 is 2.72 bits per heavy atom.